The van der Waals surface area contributed by atoms with Crippen LogP contribution in [-0.4, -0.2) is 0 Å². The van der Waals surface area contributed by atoms with Gasteiger partial charge < -0.3 is 0 Å². The second kappa shape index (κ2) is 4.89. The summed E-state index contributed by atoms with van der Waals surface area (Å²) in [7, 11) is 0. The lowest BCUT2D eigenvalue weighted by Crippen LogP contribution is -2.14. The molecule has 0 aliphatic rings. The maximum Gasteiger partial charge on any atom is -0.0380 e. The van der Waals surface area contributed by atoms with Crippen LogP contribution in [-0.2, 0) is 0 Å². The zero-order valence-corrected chi connectivity index (χ0v) is 9.48. The predicted molar refractivity (Wildman–Crippen MR) is 57.0 cm³/mol. The van der Waals surface area contributed by atoms with Crippen molar-refractivity contribution in [2.45, 2.75) is 53.9 Å². The zero-order chi connectivity index (χ0) is 9.78. The van der Waals surface area contributed by atoms with Crippen molar-refractivity contribution in [2.24, 2.45) is 17.3 Å². The summed E-state index contributed by atoms with van der Waals surface area (Å²) in [6.45, 7) is 15.6. The summed E-state index contributed by atoms with van der Waals surface area (Å²) in [5.74, 6) is 1.64. The van der Waals surface area contributed by atoms with Crippen LogP contribution >= 0.6 is 0 Å². The van der Waals surface area contributed by atoms with E-state index in [2.05, 4.69) is 41.5 Å². The highest BCUT2D eigenvalue weighted by Crippen LogP contribution is 2.29. The molecular formula is C12H25. The molecule has 0 spiro atoms. The smallest absolute Gasteiger partial charge is 0.0380 e. The van der Waals surface area contributed by atoms with Crippen molar-refractivity contribution in [2.75, 3.05) is 0 Å². The Balaban J connectivity index is 3.83. The third-order valence-corrected chi connectivity index (χ3v) is 2.11. The van der Waals surface area contributed by atoms with E-state index in [1.165, 1.54) is 12.8 Å². The molecule has 0 fully saturated rings. The maximum absolute atomic E-state index is 4.02. The van der Waals surface area contributed by atoms with Gasteiger partial charge in [-0.2, -0.15) is 0 Å². The second-order valence-electron chi connectivity index (χ2n) is 5.55. The van der Waals surface area contributed by atoms with Crippen molar-refractivity contribution in [3.63, 3.8) is 0 Å². The molecule has 0 aromatic heterocycles. The molecule has 1 unspecified atom stereocenters. The summed E-state index contributed by atoms with van der Waals surface area (Å²) in [5.41, 5.74) is 0.469. The molecule has 0 nitrogen and oxygen atoms in total. The van der Waals surface area contributed by atoms with Gasteiger partial charge >= 0.3 is 0 Å². The van der Waals surface area contributed by atoms with E-state index in [1.807, 2.05) is 0 Å². The molecule has 0 bridgehead atoms. The van der Waals surface area contributed by atoms with Gasteiger partial charge in [0.15, 0.2) is 0 Å². The fourth-order valence-electron chi connectivity index (χ4n) is 1.84. The molecule has 1 radical (unpaired) electrons. The van der Waals surface area contributed by atoms with E-state index in [0.29, 0.717) is 5.41 Å². The number of hydrogen-bond acceptors (Lipinski definition) is 0. The molecule has 12 heavy (non-hydrogen) atoms. The Morgan fingerprint density at radius 1 is 1.17 bits per heavy atom. The topological polar surface area (TPSA) is 0 Å². The van der Waals surface area contributed by atoms with Crippen molar-refractivity contribution in [3.05, 3.63) is 6.92 Å². The fraction of sp³-hybridized carbons (Fsp3) is 0.917. The maximum atomic E-state index is 4.02. The highest BCUT2D eigenvalue weighted by Gasteiger charge is 2.17. The molecule has 0 N–H and O–H groups in total. The Bertz CT molecular complexity index is 106. The first-order chi connectivity index (χ1) is 5.35. The molecule has 0 heteroatoms. The number of hydrogen-bond donors (Lipinski definition) is 0. The van der Waals surface area contributed by atoms with Crippen LogP contribution in [0, 0.1) is 24.2 Å². The van der Waals surface area contributed by atoms with Gasteiger partial charge in [0.1, 0.15) is 0 Å². The Morgan fingerprint density at radius 2 is 1.67 bits per heavy atom. The molecule has 73 valence electrons. The quantitative estimate of drug-likeness (QED) is 0.588. The van der Waals surface area contributed by atoms with Crippen molar-refractivity contribution >= 4 is 0 Å². The van der Waals surface area contributed by atoms with Crippen molar-refractivity contribution in [1.29, 1.82) is 0 Å². The monoisotopic (exact) mass is 169 g/mol. The summed E-state index contributed by atoms with van der Waals surface area (Å²) in [4.78, 5) is 0. The van der Waals surface area contributed by atoms with E-state index in [4.69, 9.17) is 0 Å². The Morgan fingerprint density at radius 3 is 1.92 bits per heavy atom. The van der Waals surface area contributed by atoms with Crippen molar-refractivity contribution < 1.29 is 0 Å². The summed E-state index contributed by atoms with van der Waals surface area (Å²) in [6.07, 6.45) is 3.74. The van der Waals surface area contributed by atoms with Gasteiger partial charge in [0, 0.05) is 0 Å². The molecule has 0 amide bonds. The van der Waals surface area contributed by atoms with Crippen LogP contribution < -0.4 is 0 Å². The third-order valence-electron chi connectivity index (χ3n) is 2.11. The highest BCUT2D eigenvalue weighted by molar-refractivity contribution is 4.71. The Hall–Kier alpha value is 0. The van der Waals surface area contributed by atoms with Crippen LogP contribution in [0.5, 0.6) is 0 Å². The first-order valence-electron chi connectivity index (χ1n) is 5.14. The van der Waals surface area contributed by atoms with Crippen molar-refractivity contribution in [1.82, 2.24) is 0 Å². The summed E-state index contributed by atoms with van der Waals surface area (Å²) in [5, 5.41) is 0. The molecule has 0 rings (SSSR count). The fourth-order valence-corrected chi connectivity index (χ4v) is 1.84. The average Bonchev–Trinajstić information content (AvgIpc) is 1.82. The lowest BCUT2D eigenvalue weighted by molar-refractivity contribution is 0.263. The standard InChI is InChI=1S/C12H25/c1-7-11(8-10(2)3)9-12(4,5)6/h10-11H,1,7-9H2,2-6H3. The van der Waals surface area contributed by atoms with Gasteiger partial charge in [-0.1, -0.05) is 48.0 Å². The third kappa shape index (κ3) is 6.69. The van der Waals surface area contributed by atoms with Gasteiger partial charge in [0.25, 0.3) is 0 Å². The first-order valence-corrected chi connectivity index (χ1v) is 5.14. The van der Waals surface area contributed by atoms with Gasteiger partial charge in [0.2, 0.25) is 0 Å². The van der Waals surface area contributed by atoms with E-state index in [-0.39, 0.29) is 0 Å². The summed E-state index contributed by atoms with van der Waals surface area (Å²) < 4.78 is 0. The summed E-state index contributed by atoms with van der Waals surface area (Å²) >= 11 is 0. The van der Waals surface area contributed by atoms with Gasteiger partial charge in [-0.15, -0.1) is 0 Å². The first kappa shape index (κ1) is 12.0. The lowest BCUT2D eigenvalue weighted by Gasteiger charge is -2.26. The highest BCUT2D eigenvalue weighted by atomic mass is 14.2. The molecule has 1 atom stereocenters. The van der Waals surface area contributed by atoms with Crippen LogP contribution in [0.3, 0.4) is 0 Å². The van der Waals surface area contributed by atoms with Gasteiger partial charge in [-0.05, 0) is 30.1 Å². The van der Waals surface area contributed by atoms with Crippen molar-refractivity contribution in [3.8, 4) is 0 Å². The van der Waals surface area contributed by atoms with E-state index in [9.17, 15) is 0 Å². The molecule has 0 aliphatic heterocycles. The minimum Gasteiger partial charge on any atom is -0.0628 e. The molecule has 0 saturated carbocycles. The summed E-state index contributed by atoms with van der Waals surface area (Å²) in [6, 6.07) is 0. The van der Waals surface area contributed by atoms with Crippen LogP contribution in [0.4, 0.5) is 0 Å². The van der Waals surface area contributed by atoms with Gasteiger partial charge in [-0.25, -0.2) is 0 Å². The van der Waals surface area contributed by atoms with Crippen LogP contribution in [0.15, 0.2) is 0 Å². The normalized spacial score (nSPS) is 15.2. The van der Waals surface area contributed by atoms with E-state index >= 15 is 0 Å². The van der Waals surface area contributed by atoms with Crippen LogP contribution in [0.2, 0.25) is 0 Å². The molecular weight excluding hydrogens is 144 g/mol. The second-order valence-corrected chi connectivity index (χ2v) is 5.55. The van der Waals surface area contributed by atoms with Gasteiger partial charge in [-0.3, -0.25) is 0 Å². The van der Waals surface area contributed by atoms with E-state index in [0.717, 1.165) is 18.3 Å². The minimum absolute atomic E-state index is 0.469. The van der Waals surface area contributed by atoms with E-state index in [1.54, 1.807) is 0 Å². The van der Waals surface area contributed by atoms with Crippen LogP contribution in [0.25, 0.3) is 0 Å². The minimum atomic E-state index is 0.469. The lowest BCUT2D eigenvalue weighted by atomic mass is 9.80. The molecule has 0 aromatic carbocycles. The van der Waals surface area contributed by atoms with E-state index < -0.39 is 0 Å². The van der Waals surface area contributed by atoms with Gasteiger partial charge in [0.05, 0.1) is 0 Å². The molecule has 0 saturated heterocycles. The van der Waals surface area contributed by atoms with Crippen LogP contribution in [0.1, 0.15) is 53.9 Å². The number of rotatable bonds is 4. The predicted octanol–water partition coefficient (Wildman–Crippen LogP) is 4.31. The molecule has 0 heterocycles. The average molecular weight is 169 g/mol. The zero-order valence-electron chi connectivity index (χ0n) is 9.48. The molecule has 0 aromatic rings. The Kier molecular flexibility index (Phi) is 4.89. The molecule has 0 aliphatic carbocycles. The Labute approximate surface area is 78.8 Å². The largest absolute Gasteiger partial charge is 0.0628 e. The SMILES string of the molecule is [CH2]CC(CC(C)C)CC(C)(C)C.